The molecule has 1 aliphatic carbocycles. The summed E-state index contributed by atoms with van der Waals surface area (Å²) in [6, 6.07) is 18.6. The first kappa shape index (κ1) is 28.2. The lowest BCUT2D eigenvalue weighted by molar-refractivity contribution is -0.208. The second-order valence-electron chi connectivity index (χ2n) is 11.1. The summed E-state index contributed by atoms with van der Waals surface area (Å²) < 4.78 is 44.0. The number of fused-ring (bicyclic) bond motifs is 1. The number of aliphatic hydroxyl groups is 1. The smallest absolute Gasteiger partial charge is 0.415 e. The number of amides is 1. The number of aliphatic hydroxyl groups excluding tert-OH is 1. The normalized spacial score (nSPS) is 18.1. The van der Waals surface area contributed by atoms with Crippen molar-refractivity contribution >= 4 is 16.8 Å². The van der Waals surface area contributed by atoms with Gasteiger partial charge < -0.3 is 20.1 Å². The average Bonchev–Trinajstić information content (AvgIpc) is 3.75. The van der Waals surface area contributed by atoms with E-state index < -0.39 is 18.8 Å². The Morgan fingerprint density at radius 3 is 2.50 bits per heavy atom. The zero-order valence-corrected chi connectivity index (χ0v) is 22.8. The molecule has 6 rings (SSSR count). The largest absolute Gasteiger partial charge is 0.490 e. The minimum Gasteiger partial charge on any atom is -0.490 e. The van der Waals surface area contributed by atoms with Gasteiger partial charge in [0.1, 0.15) is 11.9 Å². The van der Waals surface area contributed by atoms with Crippen molar-refractivity contribution in [3.05, 3.63) is 78.1 Å². The van der Waals surface area contributed by atoms with Crippen LogP contribution in [0.4, 0.5) is 13.2 Å². The van der Waals surface area contributed by atoms with Gasteiger partial charge in [0, 0.05) is 42.3 Å². The lowest BCUT2D eigenvalue weighted by Crippen LogP contribution is -2.45. The van der Waals surface area contributed by atoms with Crippen molar-refractivity contribution in [3.63, 3.8) is 0 Å². The lowest BCUT2D eigenvalue weighted by Gasteiger charge is -2.33. The minimum absolute atomic E-state index is 0.118. The second kappa shape index (κ2) is 11.7. The molecule has 1 saturated heterocycles. The van der Waals surface area contributed by atoms with E-state index in [4.69, 9.17) is 4.74 Å². The van der Waals surface area contributed by atoms with E-state index in [0.29, 0.717) is 48.9 Å². The van der Waals surface area contributed by atoms with E-state index >= 15 is 0 Å². The number of pyridine rings is 1. The Kier molecular flexibility index (Phi) is 7.87. The SMILES string of the molecule is O=C(N[C@H](c1ccccn1)C1CC1)c1ccc2[nH]nc(-c3ccc(OC4CCN(C[C@@H](O)C(F)(F)F)CC4)cc3)c2c1. The third-order valence-corrected chi connectivity index (χ3v) is 7.99. The summed E-state index contributed by atoms with van der Waals surface area (Å²) >= 11 is 0. The zero-order chi connectivity index (χ0) is 29.3. The number of carbonyl (C=O) groups is 1. The van der Waals surface area contributed by atoms with Crippen molar-refractivity contribution in [2.75, 3.05) is 19.6 Å². The lowest BCUT2D eigenvalue weighted by atomic mass is 10.0. The number of hydrogen-bond acceptors (Lipinski definition) is 6. The van der Waals surface area contributed by atoms with Crippen LogP contribution in [0.15, 0.2) is 66.9 Å². The number of benzene rings is 2. The average molecular weight is 580 g/mol. The molecular weight excluding hydrogens is 547 g/mol. The van der Waals surface area contributed by atoms with Crippen LogP contribution in [0.25, 0.3) is 22.2 Å². The summed E-state index contributed by atoms with van der Waals surface area (Å²) in [4.78, 5) is 19.3. The van der Waals surface area contributed by atoms with Crippen LogP contribution in [0.5, 0.6) is 5.75 Å². The highest BCUT2D eigenvalue weighted by Crippen LogP contribution is 2.40. The quantitative estimate of drug-likeness (QED) is 0.250. The number of β-amino-alcohol motifs (C(OH)–C–C–N with tert-alkyl or cyclic N) is 1. The number of carbonyl (C=O) groups excluding carboxylic acids is 1. The number of rotatable bonds is 9. The predicted octanol–water partition coefficient (Wildman–Crippen LogP) is 5.27. The molecule has 0 spiro atoms. The molecule has 1 saturated carbocycles. The Hall–Kier alpha value is -3.96. The number of alkyl halides is 3. The Labute approximate surface area is 240 Å². The molecule has 3 heterocycles. The highest BCUT2D eigenvalue weighted by Gasteiger charge is 2.39. The number of halogens is 3. The topological polar surface area (TPSA) is 103 Å². The molecule has 4 aromatic rings. The van der Waals surface area contributed by atoms with Crippen molar-refractivity contribution in [1.82, 2.24) is 25.4 Å². The molecule has 0 bridgehead atoms. The zero-order valence-electron chi connectivity index (χ0n) is 22.8. The Morgan fingerprint density at radius 1 is 1.07 bits per heavy atom. The van der Waals surface area contributed by atoms with Gasteiger partial charge in [0.2, 0.25) is 0 Å². The molecule has 2 fully saturated rings. The Balaban J connectivity index is 1.10. The molecule has 2 aromatic heterocycles. The fraction of sp³-hybridized carbons (Fsp3) is 0.387. The highest BCUT2D eigenvalue weighted by molar-refractivity contribution is 6.01. The summed E-state index contributed by atoms with van der Waals surface area (Å²) in [5.41, 5.74) is 3.79. The maximum atomic E-state index is 13.3. The van der Waals surface area contributed by atoms with Gasteiger partial charge in [-0.15, -0.1) is 0 Å². The summed E-state index contributed by atoms with van der Waals surface area (Å²) in [6.45, 7) is 0.430. The van der Waals surface area contributed by atoms with Crippen LogP contribution >= 0.6 is 0 Å². The van der Waals surface area contributed by atoms with Crippen LogP contribution in [0, 0.1) is 5.92 Å². The van der Waals surface area contributed by atoms with Crippen molar-refractivity contribution in [2.24, 2.45) is 5.92 Å². The Morgan fingerprint density at radius 2 is 1.83 bits per heavy atom. The van der Waals surface area contributed by atoms with E-state index in [2.05, 4.69) is 20.5 Å². The molecule has 3 N–H and O–H groups in total. The maximum Gasteiger partial charge on any atom is 0.415 e. The molecule has 0 radical (unpaired) electrons. The number of aromatic amines is 1. The first-order valence-electron chi connectivity index (χ1n) is 14.2. The van der Waals surface area contributed by atoms with Crippen LogP contribution in [0.1, 0.15) is 47.8 Å². The number of hydrogen-bond donors (Lipinski definition) is 3. The molecule has 1 aliphatic heterocycles. The van der Waals surface area contributed by atoms with Crippen molar-refractivity contribution < 1.29 is 27.8 Å². The molecule has 11 heteroatoms. The van der Waals surface area contributed by atoms with Gasteiger partial charge >= 0.3 is 6.18 Å². The van der Waals surface area contributed by atoms with E-state index in [-0.39, 0.29) is 18.1 Å². The standard InChI is InChI=1S/C31H32F3N5O3/c32-31(33,34)27(40)18-39-15-12-23(13-16-39)42-22-9-6-19(7-10-22)28-24-17-21(8-11-25(24)37-38-28)30(41)36-29(20-4-5-20)26-3-1-2-14-35-26/h1-3,6-11,14,17,20,23,27,29,40H,4-5,12-13,15-16,18H2,(H,36,41)(H,37,38)/t27-,29+/m1/s1. The monoisotopic (exact) mass is 579 g/mol. The Bertz CT molecular complexity index is 1510. The molecular formula is C31H32F3N5O3. The third kappa shape index (κ3) is 6.42. The van der Waals surface area contributed by atoms with Crippen molar-refractivity contribution in [2.45, 2.75) is 50.1 Å². The van der Waals surface area contributed by atoms with Crippen LogP contribution in [0.2, 0.25) is 0 Å². The van der Waals surface area contributed by atoms with E-state index in [9.17, 15) is 23.1 Å². The van der Waals surface area contributed by atoms with Crippen LogP contribution in [-0.2, 0) is 0 Å². The van der Waals surface area contributed by atoms with Gasteiger partial charge in [-0.3, -0.25) is 14.9 Å². The molecule has 42 heavy (non-hydrogen) atoms. The van der Waals surface area contributed by atoms with Crippen molar-refractivity contribution in [3.8, 4) is 17.0 Å². The molecule has 2 atom stereocenters. The van der Waals surface area contributed by atoms with Crippen LogP contribution in [0.3, 0.4) is 0 Å². The molecule has 2 aliphatic rings. The van der Waals surface area contributed by atoms with E-state index in [0.717, 1.165) is 35.0 Å². The predicted molar refractivity (Wildman–Crippen MR) is 151 cm³/mol. The van der Waals surface area contributed by atoms with Crippen LogP contribution in [-0.4, -0.2) is 69.1 Å². The summed E-state index contributed by atoms with van der Waals surface area (Å²) in [5, 5.41) is 20.9. The summed E-state index contributed by atoms with van der Waals surface area (Å²) in [5.74, 6) is 0.898. The van der Waals surface area contributed by atoms with Gasteiger partial charge in [-0.2, -0.15) is 18.3 Å². The van der Waals surface area contributed by atoms with Crippen molar-refractivity contribution in [1.29, 1.82) is 0 Å². The van der Waals surface area contributed by atoms with Gasteiger partial charge in [0.25, 0.3) is 5.91 Å². The summed E-state index contributed by atoms with van der Waals surface area (Å²) in [6.07, 6.45) is -2.04. The van der Waals surface area contributed by atoms with Crippen LogP contribution < -0.4 is 10.1 Å². The molecule has 0 unspecified atom stereocenters. The number of nitrogens with zero attached hydrogens (tertiary/aromatic N) is 3. The number of nitrogens with one attached hydrogen (secondary N) is 2. The number of ether oxygens (including phenoxy) is 1. The third-order valence-electron chi connectivity index (χ3n) is 7.99. The van der Waals surface area contributed by atoms with Gasteiger partial charge in [0.05, 0.1) is 22.9 Å². The first-order valence-corrected chi connectivity index (χ1v) is 14.2. The molecule has 2 aromatic carbocycles. The first-order chi connectivity index (χ1) is 20.2. The van der Waals surface area contributed by atoms with Gasteiger partial charge in [-0.05, 0) is 86.2 Å². The maximum absolute atomic E-state index is 13.3. The molecule has 1 amide bonds. The minimum atomic E-state index is -4.61. The second-order valence-corrected chi connectivity index (χ2v) is 11.1. The fourth-order valence-corrected chi connectivity index (χ4v) is 5.46. The number of likely N-dealkylation sites (tertiary alicyclic amines) is 1. The number of H-pyrrole nitrogens is 1. The summed E-state index contributed by atoms with van der Waals surface area (Å²) in [7, 11) is 0. The van der Waals surface area contributed by atoms with E-state index in [1.807, 2.05) is 54.6 Å². The fourth-order valence-electron chi connectivity index (χ4n) is 5.46. The highest BCUT2D eigenvalue weighted by atomic mass is 19.4. The van der Waals surface area contributed by atoms with Gasteiger partial charge in [0.15, 0.2) is 6.10 Å². The van der Waals surface area contributed by atoms with Gasteiger partial charge in [-0.25, -0.2) is 0 Å². The molecule has 8 nitrogen and oxygen atoms in total. The van der Waals surface area contributed by atoms with E-state index in [1.165, 1.54) is 0 Å². The number of piperidine rings is 1. The molecule has 220 valence electrons. The number of aromatic nitrogens is 3. The van der Waals surface area contributed by atoms with Gasteiger partial charge in [-0.1, -0.05) is 6.07 Å². The van der Waals surface area contributed by atoms with E-state index in [1.54, 1.807) is 17.2 Å².